The molecule has 0 saturated heterocycles. The quantitative estimate of drug-likeness (QED) is 0.136. The van der Waals surface area contributed by atoms with Gasteiger partial charge >= 0.3 is 0 Å². The summed E-state index contributed by atoms with van der Waals surface area (Å²) in [6, 6.07) is 34.1. The summed E-state index contributed by atoms with van der Waals surface area (Å²) in [5.41, 5.74) is 10.5. The van der Waals surface area contributed by atoms with Gasteiger partial charge in [0, 0.05) is 0 Å². The molecule has 0 amide bonds. The lowest BCUT2D eigenvalue weighted by Crippen LogP contribution is -1.83. The minimum Gasteiger partial charge on any atom is -0.0991 e. The number of benzene rings is 4. The molecule has 48 heavy (non-hydrogen) atoms. The fourth-order valence-corrected chi connectivity index (χ4v) is 4.32. The second-order valence-corrected chi connectivity index (χ2v) is 11.4. The van der Waals surface area contributed by atoms with Gasteiger partial charge in [0.2, 0.25) is 0 Å². The molecule has 0 fully saturated rings. The molecule has 0 aromatic heterocycles. The van der Waals surface area contributed by atoms with Crippen LogP contribution in [0.3, 0.4) is 0 Å². The summed E-state index contributed by atoms with van der Waals surface area (Å²) in [6.45, 7) is 22.9. The van der Waals surface area contributed by atoms with Crippen LogP contribution in [0, 0.1) is 27.7 Å². The van der Waals surface area contributed by atoms with Crippen molar-refractivity contribution in [1.82, 2.24) is 0 Å². The minimum absolute atomic E-state index is 1.09. The molecule has 0 unspecified atom stereocenters. The molecule has 4 aromatic rings. The Bertz CT molecular complexity index is 1580. The highest BCUT2D eigenvalue weighted by Gasteiger charge is 1.91. The van der Waals surface area contributed by atoms with Crippen molar-refractivity contribution in [2.45, 2.75) is 53.4 Å². The lowest BCUT2D eigenvalue weighted by molar-refractivity contribution is 0.998. The molecule has 0 spiro atoms. The number of allylic oxidation sites excluding steroid dienone is 10. The van der Waals surface area contributed by atoms with Gasteiger partial charge in [-0.1, -0.05) is 219 Å². The average molecular weight is 633 g/mol. The van der Waals surface area contributed by atoms with Crippen molar-refractivity contribution in [2.75, 3.05) is 0 Å². The molecule has 0 aliphatic carbocycles. The molecule has 4 rings (SSSR count). The van der Waals surface area contributed by atoms with E-state index < -0.39 is 0 Å². The standard InChI is InChI=1S/2C13H16.2C11H12/c1-3-4-5-6-9-13-10-7-8-12(2)11-13;1-3-4-5-6-7-13-10-8-12(2)9-11-13;1-3-4-7-11-8-5-6-10(2)9-11;1-3-4-5-11-8-6-10(2)7-9-11/h3-5,7-8,10-11H,1,6,9H2,2H3;3-5,8-11H,1,6-7H2,2H3;2*3-9H,1H2,2H3/b2*5-4+;7-4+;5-4+. The summed E-state index contributed by atoms with van der Waals surface area (Å²) in [5, 5.41) is 0. The van der Waals surface area contributed by atoms with Gasteiger partial charge in [0.05, 0.1) is 0 Å². The molecule has 0 atom stereocenters. The van der Waals surface area contributed by atoms with Crippen molar-refractivity contribution in [3.63, 3.8) is 0 Å². The second kappa shape index (κ2) is 27.0. The SMILES string of the molecule is C=C/C=C/CCc1ccc(C)cc1.C=C/C=C/CCc1cccc(C)c1.C=C/C=C/c1ccc(C)cc1.C=C/C=C/c1cccc(C)c1. The van der Waals surface area contributed by atoms with E-state index in [1.165, 1.54) is 44.5 Å². The Morgan fingerprint density at radius 2 is 0.875 bits per heavy atom. The maximum absolute atomic E-state index is 3.63. The third-order valence-electron chi connectivity index (χ3n) is 6.92. The van der Waals surface area contributed by atoms with Crippen molar-refractivity contribution < 1.29 is 0 Å². The van der Waals surface area contributed by atoms with E-state index >= 15 is 0 Å². The van der Waals surface area contributed by atoms with E-state index in [0.717, 1.165) is 25.7 Å². The Morgan fingerprint density at radius 1 is 0.417 bits per heavy atom. The van der Waals surface area contributed by atoms with Crippen LogP contribution in [0.2, 0.25) is 0 Å². The Hall–Kier alpha value is -5.20. The molecular formula is C48H56. The minimum atomic E-state index is 1.09. The summed E-state index contributed by atoms with van der Waals surface area (Å²) >= 11 is 0. The highest BCUT2D eigenvalue weighted by atomic mass is 14.0. The van der Waals surface area contributed by atoms with Gasteiger partial charge in [-0.2, -0.15) is 0 Å². The lowest BCUT2D eigenvalue weighted by atomic mass is 10.1. The molecule has 0 bridgehead atoms. The number of rotatable bonds is 12. The smallest absolute Gasteiger partial charge is 0.0244 e. The molecule has 4 aromatic carbocycles. The summed E-state index contributed by atoms with van der Waals surface area (Å²) in [6.07, 6.45) is 27.8. The average Bonchev–Trinajstić information content (AvgIpc) is 3.09. The summed E-state index contributed by atoms with van der Waals surface area (Å²) in [5.74, 6) is 0. The van der Waals surface area contributed by atoms with E-state index in [-0.39, 0.29) is 0 Å². The number of hydrogen-bond acceptors (Lipinski definition) is 0. The van der Waals surface area contributed by atoms with Crippen LogP contribution in [0.1, 0.15) is 57.3 Å². The molecule has 0 radical (unpaired) electrons. The molecular weight excluding hydrogens is 577 g/mol. The monoisotopic (exact) mass is 632 g/mol. The predicted molar refractivity (Wildman–Crippen MR) is 218 cm³/mol. The molecule has 0 N–H and O–H groups in total. The van der Waals surface area contributed by atoms with Crippen molar-refractivity contribution in [3.8, 4) is 0 Å². The molecule has 0 aliphatic rings. The van der Waals surface area contributed by atoms with Gasteiger partial charge < -0.3 is 0 Å². The Kier molecular flexibility index (Phi) is 22.9. The first-order valence-electron chi connectivity index (χ1n) is 16.7. The van der Waals surface area contributed by atoms with Crippen LogP contribution in [0.5, 0.6) is 0 Å². The van der Waals surface area contributed by atoms with Gasteiger partial charge in [0.1, 0.15) is 0 Å². The molecule has 0 saturated carbocycles. The van der Waals surface area contributed by atoms with Crippen LogP contribution in [0.4, 0.5) is 0 Å². The van der Waals surface area contributed by atoms with Crippen LogP contribution in [0.15, 0.2) is 184 Å². The molecule has 0 heteroatoms. The first-order chi connectivity index (χ1) is 23.3. The van der Waals surface area contributed by atoms with Gasteiger partial charge in [-0.3, -0.25) is 0 Å². The van der Waals surface area contributed by atoms with E-state index in [1.807, 2.05) is 48.6 Å². The highest BCUT2D eigenvalue weighted by Crippen LogP contribution is 2.08. The van der Waals surface area contributed by atoms with Crippen LogP contribution in [0.25, 0.3) is 12.2 Å². The summed E-state index contributed by atoms with van der Waals surface area (Å²) in [7, 11) is 0. The maximum Gasteiger partial charge on any atom is -0.0244 e. The third kappa shape index (κ3) is 21.5. The van der Waals surface area contributed by atoms with Crippen molar-refractivity contribution >= 4 is 12.2 Å². The topological polar surface area (TPSA) is 0 Å². The lowest BCUT2D eigenvalue weighted by Gasteiger charge is -1.98. The first-order valence-corrected chi connectivity index (χ1v) is 16.7. The van der Waals surface area contributed by atoms with Crippen LogP contribution >= 0.6 is 0 Å². The molecule has 0 aliphatic heterocycles. The van der Waals surface area contributed by atoms with E-state index in [1.54, 1.807) is 12.2 Å². The first kappa shape index (κ1) is 40.8. The zero-order valence-corrected chi connectivity index (χ0v) is 29.8. The normalized spacial score (nSPS) is 10.4. The highest BCUT2D eigenvalue weighted by molar-refractivity contribution is 5.52. The van der Waals surface area contributed by atoms with Crippen LogP contribution in [-0.4, -0.2) is 0 Å². The van der Waals surface area contributed by atoms with Crippen LogP contribution in [-0.2, 0) is 12.8 Å². The van der Waals surface area contributed by atoms with E-state index in [4.69, 9.17) is 0 Å². The second-order valence-electron chi connectivity index (χ2n) is 11.4. The van der Waals surface area contributed by atoms with Crippen molar-refractivity contribution in [1.29, 1.82) is 0 Å². The van der Waals surface area contributed by atoms with Crippen LogP contribution < -0.4 is 0 Å². The summed E-state index contributed by atoms with van der Waals surface area (Å²) in [4.78, 5) is 0. The summed E-state index contributed by atoms with van der Waals surface area (Å²) < 4.78 is 0. The Morgan fingerprint density at radius 3 is 1.38 bits per heavy atom. The van der Waals surface area contributed by atoms with Gasteiger partial charge in [-0.25, -0.2) is 0 Å². The predicted octanol–water partition coefficient (Wildman–Crippen LogP) is 13.7. The third-order valence-corrected chi connectivity index (χ3v) is 6.92. The Labute approximate surface area is 293 Å². The largest absolute Gasteiger partial charge is 0.0991 e. The van der Waals surface area contributed by atoms with Gasteiger partial charge in [-0.15, -0.1) is 0 Å². The maximum atomic E-state index is 3.63. The van der Waals surface area contributed by atoms with Gasteiger partial charge in [0.15, 0.2) is 0 Å². The molecule has 0 nitrogen and oxygen atoms in total. The zero-order valence-electron chi connectivity index (χ0n) is 29.8. The fourth-order valence-electron chi connectivity index (χ4n) is 4.32. The van der Waals surface area contributed by atoms with E-state index in [2.05, 4.69) is 163 Å². The zero-order chi connectivity index (χ0) is 35.2. The van der Waals surface area contributed by atoms with E-state index in [0.29, 0.717) is 0 Å². The number of aryl methyl sites for hydroxylation is 6. The van der Waals surface area contributed by atoms with Gasteiger partial charge in [0.25, 0.3) is 0 Å². The fraction of sp³-hybridized carbons (Fsp3) is 0.167. The number of hydrogen-bond donors (Lipinski definition) is 0. The molecule has 0 heterocycles. The van der Waals surface area contributed by atoms with E-state index in [9.17, 15) is 0 Å². The Balaban J connectivity index is 0.000000321. The van der Waals surface area contributed by atoms with Crippen molar-refractivity contribution in [2.24, 2.45) is 0 Å². The molecule has 248 valence electrons. The van der Waals surface area contributed by atoms with Crippen molar-refractivity contribution in [3.05, 3.63) is 229 Å². The van der Waals surface area contributed by atoms with Gasteiger partial charge in [-0.05, 0) is 75.6 Å².